The Bertz CT molecular complexity index is 535. The van der Waals surface area contributed by atoms with Crippen LogP contribution in [0.4, 0.5) is 11.4 Å². The summed E-state index contributed by atoms with van der Waals surface area (Å²) >= 11 is 0. The van der Waals surface area contributed by atoms with Gasteiger partial charge in [0.1, 0.15) is 0 Å². The molecule has 0 radical (unpaired) electrons. The van der Waals surface area contributed by atoms with Crippen molar-refractivity contribution in [1.29, 1.82) is 0 Å². The molecule has 2 rings (SSSR count). The lowest BCUT2D eigenvalue weighted by Gasteiger charge is -2.08. The molecule has 0 aliphatic heterocycles. The van der Waals surface area contributed by atoms with Gasteiger partial charge in [-0.1, -0.05) is 35.6 Å². The maximum Gasteiger partial charge on any atom is 0.0874 e. The van der Waals surface area contributed by atoms with Crippen LogP contribution in [0.1, 0.15) is 11.1 Å². The van der Waals surface area contributed by atoms with Crippen molar-refractivity contribution in [3.05, 3.63) is 59.7 Å². The van der Waals surface area contributed by atoms with E-state index in [1.807, 2.05) is 37.3 Å². The van der Waals surface area contributed by atoms with Crippen molar-refractivity contribution in [3.8, 4) is 0 Å². The zero-order chi connectivity index (χ0) is 12.8. The Labute approximate surface area is 107 Å². The van der Waals surface area contributed by atoms with E-state index in [4.69, 9.17) is 0 Å². The second-order valence-corrected chi connectivity index (χ2v) is 4.09. The second kappa shape index (κ2) is 5.82. The molecule has 0 aliphatic rings. The quantitative estimate of drug-likeness (QED) is 0.628. The lowest BCUT2D eigenvalue weighted by molar-refractivity contribution is 0.804. The summed E-state index contributed by atoms with van der Waals surface area (Å²) in [5.41, 5.74) is 9.91. The first kappa shape index (κ1) is 12.1. The number of nitrogens with zero attached hydrogens (tertiary/aromatic N) is 2. The van der Waals surface area contributed by atoms with Crippen molar-refractivity contribution >= 4 is 11.4 Å². The van der Waals surface area contributed by atoms with Crippen LogP contribution in [0.5, 0.6) is 0 Å². The van der Waals surface area contributed by atoms with Crippen LogP contribution in [-0.4, -0.2) is 0 Å². The van der Waals surface area contributed by atoms with Gasteiger partial charge in [-0.3, -0.25) is 5.43 Å². The number of nitrogens with one attached hydrogen (secondary N) is 2. The van der Waals surface area contributed by atoms with Gasteiger partial charge < -0.3 is 0 Å². The summed E-state index contributed by atoms with van der Waals surface area (Å²) in [6.45, 7) is 4.09. The molecule has 0 amide bonds. The highest BCUT2D eigenvalue weighted by Gasteiger charge is 1.96. The van der Waals surface area contributed by atoms with E-state index in [9.17, 15) is 0 Å². The summed E-state index contributed by atoms with van der Waals surface area (Å²) in [7, 11) is 0. The van der Waals surface area contributed by atoms with Gasteiger partial charge in [0, 0.05) is 0 Å². The molecule has 0 heterocycles. The largest absolute Gasteiger partial charge is 0.284 e. The highest BCUT2D eigenvalue weighted by atomic mass is 15.6. The third-order valence-electron chi connectivity index (χ3n) is 2.56. The fraction of sp³-hybridized carbons (Fsp3) is 0.143. The summed E-state index contributed by atoms with van der Waals surface area (Å²) in [6, 6.07) is 15.8. The molecule has 0 spiro atoms. The van der Waals surface area contributed by atoms with E-state index in [0.29, 0.717) is 0 Å². The summed E-state index contributed by atoms with van der Waals surface area (Å²) in [6.07, 6.45) is 0. The van der Waals surface area contributed by atoms with Crippen LogP contribution < -0.4 is 11.0 Å². The van der Waals surface area contributed by atoms with E-state index >= 15 is 0 Å². The average molecular weight is 240 g/mol. The van der Waals surface area contributed by atoms with Crippen LogP contribution in [0.15, 0.2) is 58.9 Å². The van der Waals surface area contributed by atoms with Gasteiger partial charge in [0.25, 0.3) is 0 Å². The third kappa shape index (κ3) is 3.31. The Balaban J connectivity index is 1.92. The van der Waals surface area contributed by atoms with Crippen LogP contribution in [0.2, 0.25) is 0 Å². The van der Waals surface area contributed by atoms with Gasteiger partial charge in [-0.2, -0.15) is 0 Å². The fourth-order valence-electron chi connectivity index (χ4n) is 1.53. The molecule has 18 heavy (non-hydrogen) atoms. The number of rotatable bonds is 4. The van der Waals surface area contributed by atoms with Crippen LogP contribution in [-0.2, 0) is 0 Å². The van der Waals surface area contributed by atoms with Gasteiger partial charge >= 0.3 is 0 Å². The number of aryl methyl sites for hydroxylation is 2. The Morgan fingerprint density at radius 1 is 0.944 bits per heavy atom. The van der Waals surface area contributed by atoms with Gasteiger partial charge in [0.05, 0.1) is 11.4 Å². The maximum atomic E-state index is 4.02. The van der Waals surface area contributed by atoms with E-state index in [-0.39, 0.29) is 0 Å². The molecule has 0 unspecified atom stereocenters. The molecule has 0 bridgehead atoms. The van der Waals surface area contributed by atoms with Crippen molar-refractivity contribution in [2.45, 2.75) is 13.8 Å². The third-order valence-corrected chi connectivity index (χ3v) is 2.56. The second-order valence-electron chi connectivity index (χ2n) is 4.09. The number of hydrogen-bond donors (Lipinski definition) is 2. The van der Waals surface area contributed by atoms with Crippen molar-refractivity contribution in [2.24, 2.45) is 10.3 Å². The highest BCUT2D eigenvalue weighted by Crippen LogP contribution is 2.15. The molecular weight excluding hydrogens is 224 g/mol. The minimum Gasteiger partial charge on any atom is -0.284 e. The number of hydrogen-bond acceptors (Lipinski definition) is 3. The molecule has 0 saturated heterocycles. The topological polar surface area (TPSA) is 48.8 Å². The van der Waals surface area contributed by atoms with Gasteiger partial charge in [0.15, 0.2) is 0 Å². The first-order chi connectivity index (χ1) is 8.75. The molecule has 92 valence electrons. The molecule has 2 N–H and O–H groups in total. The molecule has 4 nitrogen and oxygen atoms in total. The van der Waals surface area contributed by atoms with Gasteiger partial charge in [-0.05, 0) is 43.2 Å². The molecule has 0 aliphatic carbocycles. The Morgan fingerprint density at radius 2 is 1.72 bits per heavy atom. The van der Waals surface area contributed by atoms with Crippen LogP contribution in [0.25, 0.3) is 0 Å². The standard InChI is InChI=1S/C14H16N4/c1-11-8-9-12(2)14(10-11)16-18-17-15-13-6-4-3-5-7-13/h3-10H,1-2H3,(H,15,18)(H,16,17). The van der Waals surface area contributed by atoms with E-state index < -0.39 is 0 Å². The zero-order valence-electron chi connectivity index (χ0n) is 10.5. The zero-order valence-corrected chi connectivity index (χ0v) is 10.5. The number of hydrazine groups is 1. The number of benzene rings is 2. The van der Waals surface area contributed by atoms with Crippen LogP contribution >= 0.6 is 0 Å². The van der Waals surface area contributed by atoms with Crippen molar-refractivity contribution in [1.82, 2.24) is 5.53 Å². The van der Waals surface area contributed by atoms with Gasteiger partial charge in [0.2, 0.25) is 0 Å². The van der Waals surface area contributed by atoms with E-state index in [1.165, 1.54) is 5.56 Å². The summed E-state index contributed by atoms with van der Waals surface area (Å²) < 4.78 is 0. The molecule has 0 fully saturated rings. The molecule has 2 aromatic carbocycles. The Morgan fingerprint density at radius 3 is 2.50 bits per heavy atom. The van der Waals surface area contributed by atoms with Gasteiger partial charge in [-0.15, -0.1) is 5.11 Å². The fourth-order valence-corrected chi connectivity index (χ4v) is 1.53. The first-order valence-electron chi connectivity index (χ1n) is 5.80. The number of anilines is 1. The molecular formula is C14H16N4. The first-order valence-corrected chi connectivity index (χ1v) is 5.80. The van der Waals surface area contributed by atoms with Crippen molar-refractivity contribution in [2.75, 3.05) is 5.43 Å². The molecule has 4 heteroatoms. The van der Waals surface area contributed by atoms with Crippen LogP contribution in [0.3, 0.4) is 0 Å². The average Bonchev–Trinajstić information content (AvgIpc) is 2.40. The normalized spacial score (nSPS) is 10.6. The molecule has 0 aromatic heterocycles. The predicted molar refractivity (Wildman–Crippen MR) is 73.6 cm³/mol. The minimum atomic E-state index is 0.813. The van der Waals surface area contributed by atoms with E-state index in [2.05, 4.69) is 46.4 Å². The summed E-state index contributed by atoms with van der Waals surface area (Å²) in [5.74, 6) is 0. The molecule has 0 atom stereocenters. The lowest BCUT2D eigenvalue weighted by Crippen LogP contribution is -2.14. The summed E-state index contributed by atoms with van der Waals surface area (Å²) in [5, 5.41) is 7.90. The highest BCUT2D eigenvalue weighted by molar-refractivity contribution is 5.51. The Kier molecular flexibility index (Phi) is 3.91. The maximum absolute atomic E-state index is 4.02. The Hall–Kier alpha value is -2.36. The van der Waals surface area contributed by atoms with Crippen molar-refractivity contribution in [3.63, 3.8) is 0 Å². The van der Waals surface area contributed by atoms with E-state index in [0.717, 1.165) is 16.9 Å². The van der Waals surface area contributed by atoms with Crippen molar-refractivity contribution < 1.29 is 0 Å². The van der Waals surface area contributed by atoms with Gasteiger partial charge in [-0.25, -0.2) is 5.53 Å². The van der Waals surface area contributed by atoms with E-state index in [1.54, 1.807) is 0 Å². The SMILES string of the molecule is Cc1ccc(C)c(NNN=Nc2ccccc2)c1. The minimum absolute atomic E-state index is 0.813. The molecule has 2 aromatic rings. The van der Waals surface area contributed by atoms with Crippen LogP contribution in [0, 0.1) is 13.8 Å². The predicted octanol–water partition coefficient (Wildman–Crippen LogP) is 3.92. The lowest BCUT2D eigenvalue weighted by atomic mass is 10.1. The summed E-state index contributed by atoms with van der Waals surface area (Å²) in [4.78, 5) is 0. The monoisotopic (exact) mass is 240 g/mol. The smallest absolute Gasteiger partial charge is 0.0874 e. The molecule has 0 saturated carbocycles.